The van der Waals surface area contributed by atoms with Crippen LogP contribution in [0.4, 0.5) is 5.13 Å². The van der Waals surface area contributed by atoms with Gasteiger partial charge in [0.15, 0.2) is 16.6 Å². The fourth-order valence-electron chi connectivity index (χ4n) is 4.74. The number of ether oxygens (including phenoxy) is 2. The highest BCUT2D eigenvalue weighted by Crippen LogP contribution is 2.40. The van der Waals surface area contributed by atoms with Gasteiger partial charge in [-0.2, -0.15) is 4.31 Å². The molecule has 3 aromatic rings. The first-order valence-electron chi connectivity index (χ1n) is 13.7. The van der Waals surface area contributed by atoms with Gasteiger partial charge in [-0.1, -0.05) is 31.6 Å². The zero-order valence-corrected chi connectivity index (χ0v) is 26.5. The Morgan fingerprint density at radius 1 is 1.05 bits per heavy atom. The zero-order chi connectivity index (χ0) is 28.7. The molecule has 1 fully saturated rings. The quantitative estimate of drug-likeness (QED) is 0.303. The Balaban J connectivity index is 0.00000462. The summed E-state index contributed by atoms with van der Waals surface area (Å²) in [5.41, 5.74) is 1.26. The lowest BCUT2D eigenvalue weighted by molar-refractivity contribution is 0.0947. The van der Waals surface area contributed by atoms with E-state index in [1.54, 1.807) is 37.7 Å². The summed E-state index contributed by atoms with van der Waals surface area (Å²) < 4.78 is 39.3. The molecule has 226 valence electrons. The smallest absolute Gasteiger partial charge is 0.251 e. The molecule has 0 spiro atoms. The van der Waals surface area contributed by atoms with Gasteiger partial charge in [0.25, 0.3) is 5.91 Å². The van der Waals surface area contributed by atoms with Crippen LogP contribution < -0.4 is 19.7 Å². The summed E-state index contributed by atoms with van der Waals surface area (Å²) in [6.07, 6.45) is 1.74. The van der Waals surface area contributed by atoms with Crippen molar-refractivity contribution >= 4 is 55.0 Å². The number of carbonyl (C=O) groups excluding carboxylic acids is 1. The lowest BCUT2D eigenvalue weighted by atomic mass is 10.2. The van der Waals surface area contributed by atoms with Crippen molar-refractivity contribution < 1.29 is 22.7 Å². The molecule has 13 heteroatoms. The standard InChI is InChI=1S/C28H39N5O5S2.ClH/c1-5-7-15-33(6-2)40(35,36)22-10-8-21(9-11-22)27(34)29-14-16-31-17-19-32(20-18-31)28-30-25-24(39-28)13-12-23(37-3)26(25)38-4;/h8-13H,5-7,14-20H2,1-4H3,(H,29,34);1H. The van der Waals surface area contributed by atoms with Crippen molar-refractivity contribution in [2.75, 3.05) is 71.5 Å². The SMILES string of the molecule is CCCCN(CC)S(=O)(=O)c1ccc(C(=O)NCCN2CCN(c3nc4c(OC)c(OC)ccc4s3)CC2)cc1.Cl. The molecule has 0 atom stereocenters. The van der Waals surface area contributed by atoms with Crippen LogP contribution in [0.3, 0.4) is 0 Å². The molecular weight excluding hydrogens is 586 g/mol. The van der Waals surface area contributed by atoms with Crippen molar-refractivity contribution in [3.8, 4) is 11.5 Å². The summed E-state index contributed by atoms with van der Waals surface area (Å²) in [7, 11) is -0.311. The molecule has 1 N–H and O–H groups in total. The highest BCUT2D eigenvalue weighted by Gasteiger charge is 2.24. The first-order chi connectivity index (χ1) is 19.3. The average Bonchev–Trinajstić information content (AvgIpc) is 3.41. The van der Waals surface area contributed by atoms with E-state index in [4.69, 9.17) is 14.5 Å². The van der Waals surface area contributed by atoms with Crippen molar-refractivity contribution in [3.05, 3.63) is 42.0 Å². The van der Waals surface area contributed by atoms with E-state index >= 15 is 0 Å². The monoisotopic (exact) mass is 625 g/mol. The molecule has 0 aliphatic carbocycles. The number of hydrogen-bond acceptors (Lipinski definition) is 9. The number of amides is 1. The molecule has 1 aromatic heterocycles. The summed E-state index contributed by atoms with van der Waals surface area (Å²) in [4.78, 5) is 22.3. The second-order valence-electron chi connectivity index (χ2n) is 9.60. The number of halogens is 1. The minimum atomic E-state index is -3.56. The molecule has 1 aliphatic heterocycles. The number of aromatic nitrogens is 1. The predicted molar refractivity (Wildman–Crippen MR) is 167 cm³/mol. The minimum Gasteiger partial charge on any atom is -0.493 e. The number of sulfonamides is 1. The zero-order valence-electron chi connectivity index (χ0n) is 24.1. The highest BCUT2D eigenvalue weighted by atomic mass is 35.5. The number of nitrogens with zero attached hydrogens (tertiary/aromatic N) is 4. The number of thiazole rings is 1. The number of carbonyl (C=O) groups is 1. The number of unbranched alkanes of at least 4 members (excludes halogenated alkanes) is 1. The summed E-state index contributed by atoms with van der Waals surface area (Å²) in [6.45, 7) is 9.46. The number of benzene rings is 2. The van der Waals surface area contributed by atoms with Crippen molar-refractivity contribution in [1.29, 1.82) is 0 Å². The number of nitrogens with one attached hydrogen (secondary N) is 1. The van der Waals surface area contributed by atoms with Crippen molar-refractivity contribution in [2.24, 2.45) is 0 Å². The Morgan fingerprint density at radius 3 is 2.37 bits per heavy atom. The van der Waals surface area contributed by atoms with E-state index < -0.39 is 10.0 Å². The number of methoxy groups -OCH3 is 2. The first kappa shape index (κ1) is 32.9. The third-order valence-corrected chi connectivity index (χ3v) is 10.2. The van der Waals surface area contributed by atoms with Crippen molar-refractivity contribution in [1.82, 2.24) is 19.5 Å². The molecule has 1 amide bonds. The van der Waals surface area contributed by atoms with Gasteiger partial charge in [0.1, 0.15) is 5.52 Å². The maximum atomic E-state index is 12.9. The van der Waals surface area contributed by atoms with Crippen LogP contribution in [0, 0.1) is 0 Å². The van der Waals surface area contributed by atoms with Gasteiger partial charge in [-0.25, -0.2) is 13.4 Å². The topological polar surface area (TPSA) is 104 Å². The van der Waals surface area contributed by atoms with Gasteiger partial charge in [0, 0.05) is 57.9 Å². The van der Waals surface area contributed by atoms with Crippen molar-refractivity contribution in [3.63, 3.8) is 0 Å². The van der Waals surface area contributed by atoms with E-state index in [-0.39, 0.29) is 23.2 Å². The number of fused-ring (bicyclic) bond motifs is 1. The largest absolute Gasteiger partial charge is 0.493 e. The number of hydrogen-bond donors (Lipinski definition) is 1. The van der Waals surface area contributed by atoms with Gasteiger partial charge in [0.05, 0.1) is 23.8 Å². The van der Waals surface area contributed by atoms with Gasteiger partial charge in [-0.05, 0) is 42.8 Å². The summed E-state index contributed by atoms with van der Waals surface area (Å²) >= 11 is 1.64. The van der Waals surface area contributed by atoms with Gasteiger partial charge >= 0.3 is 0 Å². The van der Waals surface area contributed by atoms with Crippen LogP contribution in [0.1, 0.15) is 37.0 Å². The van der Waals surface area contributed by atoms with E-state index in [0.717, 1.165) is 60.9 Å². The van der Waals surface area contributed by atoms with Gasteiger partial charge < -0.3 is 19.7 Å². The Hall–Kier alpha value is -2.64. The molecule has 0 unspecified atom stereocenters. The molecule has 2 heterocycles. The van der Waals surface area contributed by atoms with Crippen molar-refractivity contribution in [2.45, 2.75) is 31.6 Å². The second kappa shape index (κ2) is 15.0. The molecule has 4 rings (SSSR count). The maximum Gasteiger partial charge on any atom is 0.251 e. The van der Waals surface area contributed by atoms with E-state index in [1.807, 2.05) is 26.0 Å². The second-order valence-corrected chi connectivity index (χ2v) is 12.6. The molecular formula is C28H40ClN5O5S2. The molecule has 0 radical (unpaired) electrons. The Kier molecular flexibility index (Phi) is 12.0. The normalized spacial score (nSPS) is 14.2. The Labute approximate surface area is 253 Å². The number of anilines is 1. The molecule has 0 saturated carbocycles. The average molecular weight is 626 g/mol. The highest BCUT2D eigenvalue weighted by molar-refractivity contribution is 7.89. The van der Waals surface area contributed by atoms with Gasteiger partial charge in [-0.15, -0.1) is 12.4 Å². The molecule has 1 aliphatic rings. The number of rotatable bonds is 13. The first-order valence-corrected chi connectivity index (χ1v) is 15.9. The molecule has 41 heavy (non-hydrogen) atoms. The minimum absolute atomic E-state index is 0. The van der Waals surface area contributed by atoms with Crippen LogP contribution in [0.2, 0.25) is 0 Å². The summed E-state index contributed by atoms with van der Waals surface area (Å²) in [6, 6.07) is 10.1. The molecule has 2 aromatic carbocycles. The lowest BCUT2D eigenvalue weighted by Crippen LogP contribution is -2.48. The molecule has 0 bridgehead atoms. The third-order valence-electron chi connectivity index (χ3n) is 7.12. The van der Waals surface area contributed by atoms with E-state index in [9.17, 15) is 13.2 Å². The third kappa shape index (κ3) is 7.61. The van der Waals surface area contributed by atoms with Gasteiger partial charge in [0.2, 0.25) is 10.0 Å². The van der Waals surface area contributed by atoms with Crippen LogP contribution in [-0.2, 0) is 10.0 Å². The molecule has 1 saturated heterocycles. The van der Waals surface area contributed by atoms with Gasteiger partial charge in [-0.3, -0.25) is 9.69 Å². The lowest BCUT2D eigenvalue weighted by Gasteiger charge is -2.34. The van der Waals surface area contributed by atoms with E-state index in [1.165, 1.54) is 16.4 Å². The Morgan fingerprint density at radius 2 is 1.76 bits per heavy atom. The molecule has 10 nitrogen and oxygen atoms in total. The Bertz CT molecular complexity index is 1390. The summed E-state index contributed by atoms with van der Waals surface area (Å²) in [5, 5.41) is 3.93. The fraction of sp³-hybridized carbons (Fsp3) is 0.500. The van der Waals surface area contributed by atoms with Crippen LogP contribution in [0.25, 0.3) is 10.2 Å². The van der Waals surface area contributed by atoms with Crippen LogP contribution >= 0.6 is 23.7 Å². The summed E-state index contributed by atoms with van der Waals surface area (Å²) in [5.74, 6) is 1.12. The van der Waals surface area contributed by atoms with E-state index in [2.05, 4.69) is 15.1 Å². The fourth-order valence-corrected chi connectivity index (χ4v) is 7.24. The van der Waals surface area contributed by atoms with E-state index in [0.29, 0.717) is 36.7 Å². The van der Waals surface area contributed by atoms with Crippen LogP contribution in [0.5, 0.6) is 11.5 Å². The van der Waals surface area contributed by atoms with Crippen LogP contribution in [0.15, 0.2) is 41.3 Å². The van der Waals surface area contributed by atoms with Crippen LogP contribution in [-0.4, -0.2) is 95.1 Å². The predicted octanol–water partition coefficient (Wildman–Crippen LogP) is 4.10. The number of piperazine rings is 1. The maximum absolute atomic E-state index is 12.9.